The Balaban J connectivity index is 1.62. The number of fused-ring (bicyclic) bond motifs is 1. The molecule has 1 unspecified atom stereocenters. The Bertz CT molecular complexity index is 510. The zero-order valence-corrected chi connectivity index (χ0v) is 10.0. The fourth-order valence-electron chi connectivity index (χ4n) is 2.05. The molecule has 4 heteroatoms. The summed E-state index contributed by atoms with van der Waals surface area (Å²) in [6.45, 7) is 0.779. The summed E-state index contributed by atoms with van der Waals surface area (Å²) in [5, 5.41) is 0.770. The molecular formula is C13H13ClN2O. The van der Waals surface area contributed by atoms with Gasteiger partial charge in [0, 0.05) is 23.8 Å². The van der Waals surface area contributed by atoms with E-state index < -0.39 is 0 Å². The highest BCUT2D eigenvalue weighted by atomic mass is 35.5. The van der Waals surface area contributed by atoms with Crippen molar-refractivity contribution in [2.75, 3.05) is 12.0 Å². The summed E-state index contributed by atoms with van der Waals surface area (Å²) in [4.78, 5) is 0. The van der Waals surface area contributed by atoms with Gasteiger partial charge in [0.2, 0.25) is 0 Å². The number of aromatic nitrogens is 1. The molecule has 1 aliphatic heterocycles. The summed E-state index contributed by atoms with van der Waals surface area (Å²) in [7, 11) is 0. The standard InChI is InChI=1S/C13H13ClN2O/c14-11-3-4-13-10(7-11)8-12(17-13)9-15-16-5-1-2-6-16/h1-7,12,15H,8-9H2. The van der Waals surface area contributed by atoms with Gasteiger partial charge >= 0.3 is 0 Å². The van der Waals surface area contributed by atoms with Crippen LogP contribution in [0.4, 0.5) is 0 Å². The lowest BCUT2D eigenvalue weighted by atomic mass is 10.1. The predicted octanol–water partition coefficient (Wildman–Crippen LogP) is 2.69. The average molecular weight is 249 g/mol. The molecule has 2 aromatic rings. The maximum absolute atomic E-state index is 5.95. The first-order valence-corrected chi connectivity index (χ1v) is 6.01. The van der Waals surface area contributed by atoms with E-state index in [9.17, 15) is 0 Å². The Labute approximate surface area is 105 Å². The second kappa shape index (κ2) is 4.34. The van der Waals surface area contributed by atoms with Gasteiger partial charge in [-0.15, -0.1) is 0 Å². The van der Waals surface area contributed by atoms with Gasteiger partial charge in [0.1, 0.15) is 11.9 Å². The SMILES string of the molecule is Clc1ccc2c(c1)CC(CNn1cccc1)O2. The zero-order valence-electron chi connectivity index (χ0n) is 9.27. The third-order valence-electron chi connectivity index (χ3n) is 2.87. The van der Waals surface area contributed by atoms with Crippen LogP contribution in [-0.2, 0) is 6.42 Å². The highest BCUT2D eigenvalue weighted by molar-refractivity contribution is 6.30. The first-order valence-electron chi connectivity index (χ1n) is 5.63. The molecule has 0 amide bonds. The molecule has 1 N–H and O–H groups in total. The molecule has 17 heavy (non-hydrogen) atoms. The highest BCUT2D eigenvalue weighted by Crippen LogP contribution is 2.30. The van der Waals surface area contributed by atoms with Crippen LogP contribution in [-0.4, -0.2) is 17.3 Å². The van der Waals surface area contributed by atoms with E-state index in [0.29, 0.717) is 0 Å². The quantitative estimate of drug-likeness (QED) is 0.904. The predicted molar refractivity (Wildman–Crippen MR) is 68.2 cm³/mol. The van der Waals surface area contributed by atoms with Crippen molar-refractivity contribution in [2.24, 2.45) is 0 Å². The molecule has 0 radical (unpaired) electrons. The van der Waals surface area contributed by atoms with Crippen LogP contribution in [0.3, 0.4) is 0 Å². The maximum Gasteiger partial charge on any atom is 0.123 e. The molecule has 1 atom stereocenters. The average Bonchev–Trinajstić information content (AvgIpc) is 2.94. The Morgan fingerprint density at radius 2 is 2.18 bits per heavy atom. The Morgan fingerprint density at radius 3 is 3.00 bits per heavy atom. The number of benzene rings is 1. The molecule has 3 nitrogen and oxygen atoms in total. The topological polar surface area (TPSA) is 26.2 Å². The Kier molecular flexibility index (Phi) is 2.69. The summed E-state index contributed by atoms with van der Waals surface area (Å²) in [6.07, 6.45) is 5.02. The van der Waals surface area contributed by atoms with Crippen molar-refractivity contribution in [2.45, 2.75) is 12.5 Å². The largest absolute Gasteiger partial charge is 0.488 e. The molecule has 0 spiro atoms. The molecular weight excluding hydrogens is 236 g/mol. The number of nitrogens with zero attached hydrogens (tertiary/aromatic N) is 1. The lowest BCUT2D eigenvalue weighted by molar-refractivity contribution is 0.242. The highest BCUT2D eigenvalue weighted by Gasteiger charge is 2.22. The maximum atomic E-state index is 5.95. The van der Waals surface area contributed by atoms with Crippen molar-refractivity contribution in [1.29, 1.82) is 0 Å². The number of hydrogen-bond acceptors (Lipinski definition) is 2. The minimum atomic E-state index is 0.172. The van der Waals surface area contributed by atoms with Crippen molar-refractivity contribution < 1.29 is 4.74 Å². The van der Waals surface area contributed by atoms with Gasteiger partial charge in [-0.3, -0.25) is 4.68 Å². The van der Waals surface area contributed by atoms with Crippen LogP contribution in [0, 0.1) is 0 Å². The smallest absolute Gasteiger partial charge is 0.123 e. The molecule has 1 aromatic carbocycles. The molecule has 88 valence electrons. The first kappa shape index (κ1) is 10.5. The lowest BCUT2D eigenvalue weighted by Gasteiger charge is -2.13. The molecule has 0 saturated carbocycles. The van der Waals surface area contributed by atoms with E-state index in [4.69, 9.17) is 16.3 Å². The Hall–Kier alpha value is -1.61. The Morgan fingerprint density at radius 1 is 1.35 bits per heavy atom. The molecule has 0 bridgehead atoms. The number of ether oxygens (including phenoxy) is 1. The van der Waals surface area contributed by atoms with E-state index in [2.05, 4.69) is 5.43 Å². The monoisotopic (exact) mass is 248 g/mol. The zero-order chi connectivity index (χ0) is 11.7. The fraction of sp³-hybridized carbons (Fsp3) is 0.231. The minimum Gasteiger partial charge on any atom is -0.488 e. The molecule has 1 aromatic heterocycles. The molecule has 1 aliphatic rings. The van der Waals surface area contributed by atoms with Crippen LogP contribution < -0.4 is 10.2 Å². The molecule has 3 rings (SSSR count). The normalized spacial score (nSPS) is 17.6. The molecule has 0 aliphatic carbocycles. The van der Waals surface area contributed by atoms with Crippen molar-refractivity contribution >= 4 is 11.6 Å². The van der Waals surface area contributed by atoms with Crippen LogP contribution in [0.25, 0.3) is 0 Å². The van der Waals surface area contributed by atoms with Crippen LogP contribution >= 0.6 is 11.6 Å². The molecule has 0 fully saturated rings. The van der Waals surface area contributed by atoms with Gasteiger partial charge in [0.05, 0.1) is 6.54 Å². The van der Waals surface area contributed by atoms with E-state index in [0.717, 1.165) is 23.7 Å². The van der Waals surface area contributed by atoms with Crippen molar-refractivity contribution in [3.63, 3.8) is 0 Å². The minimum absolute atomic E-state index is 0.172. The van der Waals surface area contributed by atoms with Crippen LogP contribution in [0.2, 0.25) is 5.02 Å². The number of nitrogens with one attached hydrogen (secondary N) is 1. The van der Waals surface area contributed by atoms with Gasteiger partial charge in [-0.05, 0) is 35.9 Å². The second-order valence-corrected chi connectivity index (χ2v) is 4.59. The van der Waals surface area contributed by atoms with Gasteiger partial charge in [-0.1, -0.05) is 11.6 Å². The third-order valence-corrected chi connectivity index (χ3v) is 3.10. The number of rotatable bonds is 3. The summed E-state index contributed by atoms with van der Waals surface area (Å²) < 4.78 is 7.76. The van der Waals surface area contributed by atoms with E-state index >= 15 is 0 Å². The van der Waals surface area contributed by atoms with Gasteiger partial charge < -0.3 is 10.2 Å². The van der Waals surface area contributed by atoms with Crippen LogP contribution in [0.1, 0.15) is 5.56 Å². The number of hydrogen-bond donors (Lipinski definition) is 1. The fourth-order valence-corrected chi connectivity index (χ4v) is 2.24. The van der Waals surface area contributed by atoms with Crippen molar-refractivity contribution in [1.82, 2.24) is 4.68 Å². The molecule has 2 heterocycles. The van der Waals surface area contributed by atoms with E-state index in [1.807, 2.05) is 47.4 Å². The van der Waals surface area contributed by atoms with E-state index in [1.54, 1.807) is 0 Å². The van der Waals surface area contributed by atoms with E-state index in [-0.39, 0.29) is 6.10 Å². The van der Waals surface area contributed by atoms with Gasteiger partial charge in [-0.25, -0.2) is 0 Å². The summed E-state index contributed by atoms with van der Waals surface area (Å²) in [5.41, 5.74) is 4.47. The van der Waals surface area contributed by atoms with Crippen LogP contribution in [0.15, 0.2) is 42.7 Å². The van der Waals surface area contributed by atoms with Gasteiger partial charge in [0.15, 0.2) is 0 Å². The lowest BCUT2D eigenvalue weighted by Crippen LogP contribution is -2.28. The van der Waals surface area contributed by atoms with Crippen molar-refractivity contribution in [3.8, 4) is 5.75 Å². The van der Waals surface area contributed by atoms with Crippen molar-refractivity contribution in [3.05, 3.63) is 53.3 Å². The van der Waals surface area contributed by atoms with E-state index in [1.165, 1.54) is 5.56 Å². The second-order valence-electron chi connectivity index (χ2n) is 4.15. The van der Waals surface area contributed by atoms with Gasteiger partial charge in [0.25, 0.3) is 0 Å². The third kappa shape index (κ3) is 2.24. The molecule has 0 saturated heterocycles. The number of halogens is 1. The van der Waals surface area contributed by atoms with Crippen LogP contribution in [0.5, 0.6) is 5.75 Å². The first-order chi connectivity index (χ1) is 8.31. The summed E-state index contributed by atoms with van der Waals surface area (Å²) in [6, 6.07) is 9.75. The summed E-state index contributed by atoms with van der Waals surface area (Å²) >= 11 is 5.95. The van der Waals surface area contributed by atoms with Gasteiger partial charge in [-0.2, -0.15) is 0 Å². The summed E-state index contributed by atoms with van der Waals surface area (Å²) in [5.74, 6) is 0.953.